The summed E-state index contributed by atoms with van der Waals surface area (Å²) in [5.74, 6) is -0.804. The third-order valence-corrected chi connectivity index (χ3v) is 2.03. The Morgan fingerprint density at radius 1 is 1.58 bits per heavy atom. The third-order valence-electron chi connectivity index (χ3n) is 2.03. The van der Waals surface area contributed by atoms with Gasteiger partial charge in [0.25, 0.3) is 0 Å². The van der Waals surface area contributed by atoms with Crippen LogP contribution in [0.2, 0.25) is 0 Å². The molecule has 4 N–H and O–H groups in total. The van der Waals surface area contributed by atoms with Crippen molar-refractivity contribution in [2.45, 2.75) is 12.0 Å². The Morgan fingerprint density at radius 2 is 2.25 bits per heavy atom. The molecule has 0 aromatic carbocycles. The first-order chi connectivity index (χ1) is 5.68. The summed E-state index contributed by atoms with van der Waals surface area (Å²) in [6.45, 7) is 1.83. The van der Waals surface area contributed by atoms with Crippen molar-refractivity contribution in [2.75, 3.05) is 26.2 Å². The molecule has 0 spiro atoms. The number of aliphatic carboxylic acids is 1. The highest BCUT2D eigenvalue weighted by Gasteiger charge is 2.38. The van der Waals surface area contributed by atoms with Gasteiger partial charge >= 0.3 is 5.97 Å². The molecule has 0 aromatic heterocycles. The number of carboxylic acids is 1. The van der Waals surface area contributed by atoms with Crippen LogP contribution < -0.4 is 10.6 Å². The summed E-state index contributed by atoms with van der Waals surface area (Å²) in [7, 11) is 0. The van der Waals surface area contributed by atoms with E-state index in [1.165, 1.54) is 0 Å². The largest absolute Gasteiger partial charge is 0.481 e. The van der Waals surface area contributed by atoms with Crippen LogP contribution in [0.25, 0.3) is 0 Å². The van der Waals surface area contributed by atoms with Crippen LogP contribution in [-0.4, -0.2) is 48.0 Å². The summed E-state index contributed by atoms with van der Waals surface area (Å²) in [6, 6.07) is 0. The van der Waals surface area contributed by atoms with E-state index in [4.69, 9.17) is 10.2 Å². The van der Waals surface area contributed by atoms with Crippen molar-refractivity contribution >= 4 is 5.97 Å². The quantitative estimate of drug-likeness (QED) is 0.403. The fourth-order valence-corrected chi connectivity index (χ4v) is 1.35. The molecule has 0 unspecified atom stereocenters. The lowest BCUT2D eigenvalue weighted by Gasteiger charge is -2.42. The topological polar surface area (TPSA) is 81.6 Å². The van der Waals surface area contributed by atoms with Crippen molar-refractivity contribution in [1.82, 2.24) is 10.6 Å². The van der Waals surface area contributed by atoms with Crippen LogP contribution in [0, 0.1) is 0 Å². The highest BCUT2D eigenvalue weighted by Crippen LogP contribution is 2.15. The van der Waals surface area contributed by atoms with Crippen LogP contribution in [0.4, 0.5) is 0 Å². The van der Waals surface area contributed by atoms with E-state index in [1.54, 1.807) is 0 Å². The highest BCUT2D eigenvalue weighted by molar-refractivity contribution is 5.68. The Labute approximate surface area is 70.8 Å². The smallest absolute Gasteiger partial charge is 0.305 e. The van der Waals surface area contributed by atoms with Crippen molar-refractivity contribution in [3.63, 3.8) is 0 Å². The maximum Gasteiger partial charge on any atom is 0.305 e. The summed E-state index contributed by atoms with van der Waals surface area (Å²) in [4.78, 5) is 10.4. The molecule has 0 aliphatic carbocycles. The Balaban J connectivity index is 2.34. The van der Waals surface area contributed by atoms with Gasteiger partial charge in [0.05, 0.1) is 18.6 Å². The van der Waals surface area contributed by atoms with Crippen molar-refractivity contribution in [3.05, 3.63) is 0 Å². The molecular weight excluding hydrogens is 160 g/mol. The van der Waals surface area contributed by atoms with Gasteiger partial charge in [-0.1, -0.05) is 0 Å². The minimum Gasteiger partial charge on any atom is -0.481 e. The number of aliphatic hydroxyl groups is 1. The molecule has 0 atom stereocenters. The van der Waals surface area contributed by atoms with Crippen molar-refractivity contribution < 1.29 is 15.0 Å². The van der Waals surface area contributed by atoms with Crippen LogP contribution in [0.3, 0.4) is 0 Å². The van der Waals surface area contributed by atoms with Crippen molar-refractivity contribution in [2.24, 2.45) is 0 Å². The molecular formula is C7H14N2O3. The molecule has 1 rings (SSSR count). The molecule has 0 radical (unpaired) electrons. The van der Waals surface area contributed by atoms with E-state index in [0.717, 1.165) is 0 Å². The van der Waals surface area contributed by atoms with E-state index in [1.807, 2.05) is 0 Å². The van der Waals surface area contributed by atoms with Crippen LogP contribution in [-0.2, 0) is 4.79 Å². The molecule has 0 saturated carbocycles. The lowest BCUT2D eigenvalue weighted by Crippen LogP contribution is -2.68. The minimum absolute atomic E-state index is 0.0430. The molecule has 5 nitrogen and oxygen atoms in total. The van der Waals surface area contributed by atoms with Gasteiger partial charge in [0.1, 0.15) is 0 Å². The molecule has 1 aliphatic heterocycles. The normalized spacial score (nSPS) is 20.1. The molecule has 5 heteroatoms. The maximum absolute atomic E-state index is 10.4. The van der Waals surface area contributed by atoms with Gasteiger partial charge in [-0.2, -0.15) is 0 Å². The first kappa shape index (κ1) is 9.44. The summed E-state index contributed by atoms with van der Waals surface area (Å²) >= 11 is 0. The fourth-order valence-electron chi connectivity index (χ4n) is 1.35. The van der Waals surface area contributed by atoms with E-state index < -0.39 is 5.97 Å². The molecule has 1 aliphatic rings. The SMILES string of the molecule is O=C(O)CC1(NCCO)CNC1. The second kappa shape index (κ2) is 3.84. The zero-order valence-electron chi connectivity index (χ0n) is 6.84. The summed E-state index contributed by atoms with van der Waals surface area (Å²) in [5, 5.41) is 23.2. The van der Waals surface area contributed by atoms with E-state index in [0.29, 0.717) is 19.6 Å². The number of carboxylic acid groups (broad SMARTS) is 1. The number of β-amino-alcohol motifs (C(OH)–C–C–N with tert-alkyl or cyclic N) is 1. The number of nitrogens with one attached hydrogen (secondary N) is 2. The predicted octanol–water partition coefficient (Wildman–Crippen LogP) is -1.61. The van der Waals surface area contributed by atoms with Gasteiger partial charge in [-0.15, -0.1) is 0 Å². The van der Waals surface area contributed by atoms with Crippen molar-refractivity contribution in [3.8, 4) is 0 Å². The first-order valence-electron chi connectivity index (χ1n) is 3.97. The summed E-state index contributed by atoms with van der Waals surface area (Å²) in [6.07, 6.45) is 0.111. The number of hydrogen-bond acceptors (Lipinski definition) is 4. The van der Waals surface area contributed by atoms with Crippen LogP contribution in [0.1, 0.15) is 6.42 Å². The Morgan fingerprint density at radius 3 is 2.58 bits per heavy atom. The molecule has 1 heterocycles. The summed E-state index contributed by atoms with van der Waals surface area (Å²) in [5.41, 5.74) is -0.325. The second-order valence-electron chi connectivity index (χ2n) is 3.10. The molecule has 1 saturated heterocycles. The van der Waals surface area contributed by atoms with E-state index in [9.17, 15) is 4.79 Å². The number of rotatable bonds is 5. The van der Waals surface area contributed by atoms with E-state index in [-0.39, 0.29) is 18.6 Å². The maximum atomic E-state index is 10.4. The third kappa shape index (κ3) is 2.17. The lowest BCUT2D eigenvalue weighted by atomic mass is 9.88. The van der Waals surface area contributed by atoms with Gasteiger partial charge in [-0.3, -0.25) is 4.79 Å². The predicted molar refractivity (Wildman–Crippen MR) is 42.9 cm³/mol. The van der Waals surface area contributed by atoms with Gasteiger partial charge in [0.2, 0.25) is 0 Å². The summed E-state index contributed by atoms with van der Waals surface area (Å²) < 4.78 is 0. The average molecular weight is 174 g/mol. The van der Waals surface area contributed by atoms with Gasteiger partial charge < -0.3 is 20.8 Å². The zero-order chi connectivity index (χ0) is 9.03. The molecule has 0 bridgehead atoms. The zero-order valence-corrected chi connectivity index (χ0v) is 6.84. The van der Waals surface area contributed by atoms with Crippen LogP contribution in [0.15, 0.2) is 0 Å². The Hall–Kier alpha value is -0.650. The minimum atomic E-state index is -0.804. The lowest BCUT2D eigenvalue weighted by molar-refractivity contribution is -0.139. The molecule has 0 amide bonds. The Kier molecular flexibility index (Phi) is 3.02. The molecule has 1 fully saturated rings. The first-order valence-corrected chi connectivity index (χ1v) is 3.97. The number of hydrogen-bond donors (Lipinski definition) is 4. The highest BCUT2D eigenvalue weighted by atomic mass is 16.4. The standard InChI is InChI=1S/C7H14N2O3/c10-2-1-9-7(3-6(11)12)4-8-5-7/h8-10H,1-5H2,(H,11,12). The fraction of sp³-hybridized carbons (Fsp3) is 0.857. The second-order valence-corrected chi connectivity index (χ2v) is 3.10. The number of aliphatic hydroxyl groups excluding tert-OH is 1. The molecule has 70 valence electrons. The van der Waals surface area contributed by atoms with Gasteiger partial charge in [0, 0.05) is 19.6 Å². The van der Waals surface area contributed by atoms with Crippen LogP contribution >= 0.6 is 0 Å². The monoisotopic (exact) mass is 174 g/mol. The van der Waals surface area contributed by atoms with Crippen LogP contribution in [0.5, 0.6) is 0 Å². The van der Waals surface area contributed by atoms with Crippen molar-refractivity contribution in [1.29, 1.82) is 0 Å². The van der Waals surface area contributed by atoms with Gasteiger partial charge in [-0.25, -0.2) is 0 Å². The average Bonchev–Trinajstić information content (AvgIpc) is 1.94. The van der Waals surface area contributed by atoms with E-state index in [2.05, 4.69) is 10.6 Å². The Bertz CT molecular complexity index is 168. The van der Waals surface area contributed by atoms with Gasteiger partial charge in [-0.05, 0) is 0 Å². The number of carbonyl (C=O) groups is 1. The van der Waals surface area contributed by atoms with E-state index >= 15 is 0 Å². The molecule has 0 aromatic rings. The molecule has 12 heavy (non-hydrogen) atoms. The van der Waals surface area contributed by atoms with Gasteiger partial charge in [0.15, 0.2) is 0 Å².